The quantitative estimate of drug-likeness (QED) is 0.618. The zero-order chi connectivity index (χ0) is 10.6. The molecule has 78 valence electrons. The molecule has 1 heterocycles. The fraction of sp³-hybridized carbons (Fsp3) is 0.500. The molecule has 0 fully saturated rings. The molecule has 4 N–H and O–H groups in total. The average molecular weight is 235 g/mol. The molecule has 0 radical (unpaired) electrons. The van der Waals surface area contributed by atoms with Crippen LogP contribution in [0.5, 0.6) is 0 Å². The summed E-state index contributed by atoms with van der Waals surface area (Å²) in [7, 11) is 0. The minimum atomic E-state index is -1.02. The number of thioether (sulfide) groups is 1. The van der Waals surface area contributed by atoms with Crippen LogP contribution >= 0.6 is 23.1 Å². The fourth-order valence-electron chi connectivity index (χ4n) is 0.707. The summed E-state index contributed by atoms with van der Waals surface area (Å²) in [5.74, 6) is -0.740. The van der Waals surface area contributed by atoms with Crippen molar-refractivity contribution in [3.8, 4) is 0 Å². The Morgan fingerprint density at radius 2 is 2.36 bits per heavy atom. The minimum Gasteiger partial charge on any atom is -0.481 e. The highest BCUT2D eigenvalue weighted by molar-refractivity contribution is 8.01. The number of hydrogen-bond acceptors (Lipinski definition) is 7. The molecular weight excluding hydrogens is 226 g/mol. The Labute approximate surface area is 88.2 Å². The molecule has 0 bridgehead atoms. The lowest BCUT2D eigenvalue weighted by atomic mass is 10.3. The van der Waals surface area contributed by atoms with Crippen molar-refractivity contribution in [3.63, 3.8) is 0 Å². The Morgan fingerprint density at radius 1 is 1.64 bits per heavy atom. The van der Waals surface area contributed by atoms with Crippen LogP contribution in [0.25, 0.3) is 0 Å². The molecule has 0 aliphatic rings. The first-order valence-electron chi connectivity index (χ1n) is 3.69. The molecule has 0 amide bonds. The van der Waals surface area contributed by atoms with Gasteiger partial charge in [-0.15, -0.1) is 10.2 Å². The molecule has 1 aromatic heterocycles. The third-order valence-corrected chi connectivity index (χ3v) is 3.26. The van der Waals surface area contributed by atoms with E-state index in [4.69, 9.17) is 10.8 Å². The summed E-state index contributed by atoms with van der Waals surface area (Å²) >= 11 is 2.45. The summed E-state index contributed by atoms with van der Waals surface area (Å²) in [6.07, 6.45) is -1.14. The number of aliphatic hydroxyl groups is 1. The van der Waals surface area contributed by atoms with Crippen molar-refractivity contribution < 1.29 is 15.0 Å². The molecule has 0 saturated carbocycles. The van der Waals surface area contributed by atoms with Crippen LogP contribution in [0.1, 0.15) is 6.42 Å². The maximum atomic E-state index is 10.2. The van der Waals surface area contributed by atoms with E-state index in [1.54, 1.807) is 0 Å². The van der Waals surface area contributed by atoms with Gasteiger partial charge in [-0.1, -0.05) is 23.1 Å². The van der Waals surface area contributed by atoms with Crippen molar-refractivity contribution in [2.45, 2.75) is 16.9 Å². The van der Waals surface area contributed by atoms with Crippen molar-refractivity contribution in [1.82, 2.24) is 10.2 Å². The van der Waals surface area contributed by atoms with E-state index in [0.29, 0.717) is 9.47 Å². The number of hydrogen-bond donors (Lipinski definition) is 3. The third-order valence-electron chi connectivity index (χ3n) is 1.23. The SMILES string of the molecule is Nc1nnc(SCC(O)CC(=O)O)s1. The third kappa shape index (κ3) is 3.90. The van der Waals surface area contributed by atoms with Gasteiger partial charge in [-0.25, -0.2) is 0 Å². The summed E-state index contributed by atoms with van der Waals surface area (Å²) in [5, 5.41) is 25.2. The highest BCUT2D eigenvalue weighted by Crippen LogP contribution is 2.24. The molecule has 1 unspecified atom stereocenters. The second-order valence-electron chi connectivity index (χ2n) is 2.47. The van der Waals surface area contributed by atoms with E-state index < -0.39 is 12.1 Å². The Bertz CT molecular complexity index is 317. The van der Waals surface area contributed by atoms with Crippen molar-refractivity contribution in [2.24, 2.45) is 0 Å². The Morgan fingerprint density at radius 3 is 2.86 bits per heavy atom. The van der Waals surface area contributed by atoms with Crippen LogP contribution in [0, 0.1) is 0 Å². The summed E-state index contributed by atoms with van der Waals surface area (Å²) in [4.78, 5) is 10.2. The van der Waals surface area contributed by atoms with Gasteiger partial charge in [0.15, 0.2) is 4.34 Å². The van der Waals surface area contributed by atoms with Crippen molar-refractivity contribution in [2.75, 3.05) is 11.5 Å². The number of rotatable bonds is 5. The second kappa shape index (κ2) is 5.13. The molecule has 1 atom stereocenters. The van der Waals surface area contributed by atoms with E-state index in [1.807, 2.05) is 0 Å². The number of anilines is 1. The highest BCUT2D eigenvalue weighted by Gasteiger charge is 2.11. The molecule has 1 rings (SSSR count). The molecule has 0 spiro atoms. The van der Waals surface area contributed by atoms with Gasteiger partial charge in [0.2, 0.25) is 5.13 Å². The first-order valence-corrected chi connectivity index (χ1v) is 5.50. The van der Waals surface area contributed by atoms with Crippen molar-refractivity contribution in [3.05, 3.63) is 0 Å². The molecule has 0 aliphatic heterocycles. The molecule has 0 aliphatic carbocycles. The van der Waals surface area contributed by atoms with Crippen molar-refractivity contribution >= 4 is 34.2 Å². The predicted octanol–water partition coefficient (Wildman–Crippen LogP) is 0.0480. The molecule has 14 heavy (non-hydrogen) atoms. The first-order chi connectivity index (χ1) is 6.58. The van der Waals surface area contributed by atoms with Crippen LogP contribution in [0.15, 0.2) is 4.34 Å². The standard InChI is InChI=1S/C6H9N3O3S2/c7-5-8-9-6(14-5)13-2-3(10)1-4(11)12/h3,10H,1-2H2,(H2,7,8)(H,11,12). The van der Waals surface area contributed by atoms with E-state index in [0.717, 1.165) is 0 Å². The van der Waals surface area contributed by atoms with Crippen LogP contribution < -0.4 is 5.73 Å². The summed E-state index contributed by atoms with van der Waals surface area (Å²) in [6, 6.07) is 0. The first kappa shape index (κ1) is 11.2. The normalized spacial score (nSPS) is 12.6. The zero-order valence-electron chi connectivity index (χ0n) is 7.08. The van der Waals surface area contributed by atoms with E-state index in [1.165, 1.54) is 23.1 Å². The maximum Gasteiger partial charge on any atom is 0.306 e. The van der Waals surface area contributed by atoms with Gasteiger partial charge in [0.05, 0.1) is 12.5 Å². The van der Waals surface area contributed by atoms with E-state index in [-0.39, 0.29) is 12.2 Å². The van der Waals surface area contributed by atoms with Crippen LogP contribution in [0.2, 0.25) is 0 Å². The number of aliphatic carboxylic acids is 1. The van der Waals surface area contributed by atoms with Gasteiger partial charge in [0, 0.05) is 5.75 Å². The number of carbonyl (C=O) groups is 1. The number of carboxylic acid groups (broad SMARTS) is 1. The number of carboxylic acids is 1. The summed E-state index contributed by atoms with van der Waals surface area (Å²) in [6.45, 7) is 0. The van der Waals surface area contributed by atoms with Gasteiger partial charge in [-0.05, 0) is 0 Å². The second-order valence-corrected chi connectivity index (χ2v) is 4.75. The lowest BCUT2D eigenvalue weighted by Gasteiger charge is -2.04. The number of nitrogens with zero attached hydrogens (tertiary/aromatic N) is 2. The monoisotopic (exact) mass is 235 g/mol. The van der Waals surface area contributed by atoms with Gasteiger partial charge >= 0.3 is 5.97 Å². The zero-order valence-corrected chi connectivity index (χ0v) is 8.72. The number of nitrogen functional groups attached to an aromatic ring is 1. The number of aromatic nitrogens is 2. The van der Waals surface area contributed by atoms with Crippen LogP contribution in [-0.4, -0.2) is 38.2 Å². The molecule has 8 heteroatoms. The van der Waals surface area contributed by atoms with E-state index in [9.17, 15) is 9.90 Å². The van der Waals surface area contributed by atoms with Gasteiger partial charge in [-0.3, -0.25) is 4.79 Å². The van der Waals surface area contributed by atoms with Crippen LogP contribution in [-0.2, 0) is 4.79 Å². The largest absolute Gasteiger partial charge is 0.481 e. The van der Waals surface area contributed by atoms with Crippen LogP contribution in [0.4, 0.5) is 5.13 Å². The van der Waals surface area contributed by atoms with E-state index >= 15 is 0 Å². The topological polar surface area (TPSA) is 109 Å². The van der Waals surface area contributed by atoms with Gasteiger partial charge in [0.25, 0.3) is 0 Å². The Balaban J connectivity index is 2.30. The maximum absolute atomic E-state index is 10.2. The van der Waals surface area contributed by atoms with E-state index in [2.05, 4.69) is 10.2 Å². The smallest absolute Gasteiger partial charge is 0.306 e. The lowest BCUT2D eigenvalue weighted by Crippen LogP contribution is -2.15. The number of nitrogens with two attached hydrogens (primary N) is 1. The molecule has 6 nitrogen and oxygen atoms in total. The highest BCUT2D eigenvalue weighted by atomic mass is 32.2. The van der Waals surface area contributed by atoms with Gasteiger partial charge < -0.3 is 15.9 Å². The van der Waals surface area contributed by atoms with Crippen molar-refractivity contribution in [1.29, 1.82) is 0 Å². The minimum absolute atomic E-state index is 0.263. The van der Waals surface area contributed by atoms with Gasteiger partial charge in [-0.2, -0.15) is 0 Å². The average Bonchev–Trinajstić information content (AvgIpc) is 2.47. The fourth-order valence-corrected chi connectivity index (χ4v) is 2.30. The predicted molar refractivity (Wildman–Crippen MR) is 53.3 cm³/mol. The molecule has 0 saturated heterocycles. The molecule has 0 aromatic carbocycles. The number of aliphatic hydroxyl groups excluding tert-OH is 1. The lowest BCUT2D eigenvalue weighted by molar-refractivity contribution is -0.138. The molecular formula is C6H9N3O3S2. The Hall–Kier alpha value is -0.860. The summed E-state index contributed by atoms with van der Waals surface area (Å²) < 4.78 is 0.631. The van der Waals surface area contributed by atoms with Crippen LogP contribution in [0.3, 0.4) is 0 Å². The molecule has 1 aromatic rings. The van der Waals surface area contributed by atoms with Gasteiger partial charge in [0.1, 0.15) is 0 Å². The Kier molecular flexibility index (Phi) is 4.11. The summed E-state index contributed by atoms with van der Waals surface area (Å²) in [5.41, 5.74) is 5.34.